The first kappa shape index (κ1) is 65.0. The predicted octanol–water partition coefficient (Wildman–Crippen LogP) is 13.4. The van der Waals surface area contributed by atoms with Gasteiger partial charge in [0.25, 0.3) is 0 Å². The van der Waals surface area contributed by atoms with E-state index in [-0.39, 0.29) is 72.6 Å². The van der Waals surface area contributed by atoms with E-state index in [1.165, 1.54) is 51.4 Å². The second-order valence-corrected chi connectivity index (χ2v) is 17.6. The molecule has 1 amide bonds. The number of esters is 2. The minimum atomic E-state index is -0.424. The van der Waals surface area contributed by atoms with Crippen LogP contribution in [0, 0.1) is 49.9 Å². The number of nitrogens with one attached hydrogen (secondary N) is 1. The standard InChI is InChI=1S/C33H62NO5.C19H35O3.U/c1-5-8-11-15-20-29(19-10-7-3)33(38)39-27-18-14-13-17-22-30(35)24-23-28(4)34-32(37)26-25-31(36)21-16-12-9-6-2;1-3-5-7-11-15-18(14-6-4-2)19(21)22-17-13-10-8-9-12-16-20;/h28-29,31,36H,4-27H2,1-3H3,(H,34,37);18H,3-15,17H2,1-2H3;/q2*-1;+2. The summed E-state index contributed by atoms with van der Waals surface area (Å²) in [4.78, 5) is 59.1. The van der Waals surface area contributed by atoms with Gasteiger partial charge in [-0.15, -0.1) is 0 Å². The molecule has 0 radical (unpaired) electrons. The number of aliphatic hydroxyl groups excluding tert-OH is 1. The zero-order valence-corrected chi connectivity index (χ0v) is 45.1. The SMILES string of the molecule is CCCCCCC(CCCC)C(=O)OCCCCCC[C-]=O.[CH2-]C(CCC(=O)CCCCCCOC(=O)C(CCCC)CCCCCC)NC(=O)CCC(O)CCCCCC.[U+2]. The molecule has 0 saturated carbocycles. The monoisotopic (exact) mass is 1100 g/mol. The average Bonchev–Trinajstić information content (AvgIpc) is 3.25. The van der Waals surface area contributed by atoms with Crippen LogP contribution in [0.25, 0.3) is 0 Å². The van der Waals surface area contributed by atoms with Crippen LogP contribution in [-0.2, 0) is 33.4 Å². The Morgan fingerprint density at radius 1 is 0.500 bits per heavy atom. The predicted molar refractivity (Wildman–Crippen MR) is 253 cm³/mol. The van der Waals surface area contributed by atoms with Crippen molar-refractivity contribution in [2.45, 2.75) is 271 Å². The maximum absolute atomic E-state index is 12.5. The molecule has 9 nitrogen and oxygen atoms in total. The van der Waals surface area contributed by atoms with Gasteiger partial charge in [0.15, 0.2) is 0 Å². The minimum Gasteiger partial charge on any atom is -0.542 e. The van der Waals surface area contributed by atoms with Crippen LogP contribution >= 0.6 is 0 Å². The van der Waals surface area contributed by atoms with E-state index in [2.05, 4.69) is 46.9 Å². The molecular weight excluding hydrogens is 1000 g/mol. The van der Waals surface area contributed by atoms with E-state index in [9.17, 15) is 29.1 Å². The summed E-state index contributed by atoms with van der Waals surface area (Å²) < 4.78 is 11.0. The van der Waals surface area contributed by atoms with Crippen molar-refractivity contribution in [3.05, 3.63) is 6.92 Å². The summed E-state index contributed by atoms with van der Waals surface area (Å²) in [5, 5.41) is 12.9. The fourth-order valence-corrected chi connectivity index (χ4v) is 7.39. The van der Waals surface area contributed by atoms with Crippen molar-refractivity contribution in [3.8, 4) is 0 Å². The van der Waals surface area contributed by atoms with Gasteiger partial charge >= 0.3 is 43.1 Å². The molecule has 0 heterocycles. The van der Waals surface area contributed by atoms with E-state index in [1.807, 2.05) is 6.29 Å². The quantitative estimate of drug-likeness (QED) is 0.0350. The third-order valence-corrected chi connectivity index (χ3v) is 11.5. The molecular formula is C52H97NO8U. The Balaban J connectivity index is -0.00000128. The van der Waals surface area contributed by atoms with Gasteiger partial charge in [0.05, 0.1) is 31.2 Å². The molecule has 4 atom stereocenters. The number of hydrogen-bond acceptors (Lipinski definition) is 8. The average molecular weight is 1100 g/mol. The number of unbranched alkanes of at least 4 members (excludes halogenated alkanes) is 18. The molecule has 10 heteroatoms. The van der Waals surface area contributed by atoms with Crippen molar-refractivity contribution in [3.63, 3.8) is 0 Å². The van der Waals surface area contributed by atoms with Gasteiger partial charge in [0.2, 0.25) is 5.91 Å². The molecule has 0 rings (SSSR count). The van der Waals surface area contributed by atoms with Crippen LogP contribution in [0.5, 0.6) is 0 Å². The molecule has 62 heavy (non-hydrogen) atoms. The second kappa shape index (κ2) is 50.8. The third kappa shape index (κ3) is 45.3. The van der Waals surface area contributed by atoms with E-state index < -0.39 is 6.10 Å². The van der Waals surface area contributed by atoms with E-state index >= 15 is 0 Å². The number of aliphatic hydroxyl groups is 1. The Morgan fingerprint density at radius 2 is 0.919 bits per heavy atom. The molecule has 0 spiro atoms. The largest absolute Gasteiger partial charge is 2.00 e. The summed E-state index contributed by atoms with van der Waals surface area (Å²) in [5.41, 5.74) is 0. The molecule has 0 aliphatic carbocycles. The van der Waals surface area contributed by atoms with Gasteiger partial charge in [-0.1, -0.05) is 182 Å². The topological polar surface area (TPSA) is 136 Å². The normalized spacial score (nSPS) is 12.8. The molecule has 4 unspecified atom stereocenters. The van der Waals surface area contributed by atoms with Crippen molar-refractivity contribution in [1.82, 2.24) is 5.32 Å². The van der Waals surface area contributed by atoms with E-state index in [1.54, 1.807) is 0 Å². The fourth-order valence-electron chi connectivity index (χ4n) is 7.39. The molecule has 0 aromatic heterocycles. The number of amides is 1. The summed E-state index contributed by atoms with van der Waals surface area (Å²) in [7, 11) is 0. The molecule has 0 aromatic carbocycles. The molecule has 0 bridgehead atoms. The molecule has 0 aliphatic rings. The number of rotatable bonds is 44. The first-order valence-electron chi connectivity index (χ1n) is 25.6. The Bertz CT molecular complexity index is 1030. The summed E-state index contributed by atoms with van der Waals surface area (Å²) in [6, 6.07) is -0.286. The van der Waals surface area contributed by atoms with Crippen LogP contribution in [0.2, 0.25) is 0 Å². The molecule has 0 fully saturated rings. The first-order valence-corrected chi connectivity index (χ1v) is 25.6. The number of Topliss-reactive ketones (excluding diaryl/α,β-unsaturated/α-hetero) is 1. The van der Waals surface area contributed by atoms with Crippen molar-refractivity contribution in [1.29, 1.82) is 0 Å². The van der Waals surface area contributed by atoms with E-state index in [0.717, 1.165) is 135 Å². The summed E-state index contributed by atoms with van der Waals surface area (Å²) in [6.07, 6.45) is 34.8. The van der Waals surface area contributed by atoms with Crippen molar-refractivity contribution < 1.29 is 69.7 Å². The third-order valence-electron chi connectivity index (χ3n) is 11.5. The number of hydrogen-bond donors (Lipinski definition) is 2. The van der Waals surface area contributed by atoms with Crippen LogP contribution in [-0.4, -0.2) is 60.4 Å². The van der Waals surface area contributed by atoms with Crippen LogP contribution in [0.4, 0.5) is 0 Å². The van der Waals surface area contributed by atoms with Gasteiger partial charge in [0.1, 0.15) is 5.78 Å². The van der Waals surface area contributed by atoms with E-state index in [0.29, 0.717) is 51.7 Å². The summed E-state index contributed by atoms with van der Waals surface area (Å²) in [6.45, 7) is 15.8. The van der Waals surface area contributed by atoms with Crippen LogP contribution in [0.1, 0.15) is 259 Å². The molecule has 2 N–H and O–H groups in total. The van der Waals surface area contributed by atoms with Crippen molar-refractivity contribution in [2.24, 2.45) is 11.8 Å². The van der Waals surface area contributed by atoms with Gasteiger partial charge in [-0.3, -0.25) is 25.5 Å². The van der Waals surface area contributed by atoms with Crippen molar-refractivity contribution in [2.75, 3.05) is 13.2 Å². The number of carbonyl (C=O) groups excluding carboxylic acids is 5. The van der Waals surface area contributed by atoms with Crippen LogP contribution in [0.3, 0.4) is 0 Å². The molecule has 362 valence electrons. The Kier molecular flexibility index (Phi) is 53.2. The maximum atomic E-state index is 12.5. The number of carbonyl (C=O) groups is 4. The Labute approximate surface area is 406 Å². The molecule has 0 saturated heterocycles. The smallest absolute Gasteiger partial charge is 0.542 e. The van der Waals surface area contributed by atoms with Gasteiger partial charge in [0, 0.05) is 19.3 Å². The van der Waals surface area contributed by atoms with Crippen LogP contribution < -0.4 is 5.32 Å². The van der Waals surface area contributed by atoms with Gasteiger partial charge in [-0.05, 0) is 57.8 Å². The van der Waals surface area contributed by atoms with Gasteiger partial charge in [-0.25, -0.2) is 0 Å². The zero-order chi connectivity index (χ0) is 45.6. The first-order chi connectivity index (χ1) is 29.6. The summed E-state index contributed by atoms with van der Waals surface area (Å²) in [5.74, 6) is 0.224. The number of ether oxygens (including phenoxy) is 2. The van der Waals surface area contributed by atoms with Gasteiger partial charge in [-0.2, -0.15) is 6.42 Å². The second-order valence-electron chi connectivity index (χ2n) is 17.6. The van der Waals surface area contributed by atoms with Gasteiger partial charge < -0.3 is 31.6 Å². The minimum absolute atomic E-state index is 0. The maximum Gasteiger partial charge on any atom is 2.00 e. The van der Waals surface area contributed by atoms with Crippen molar-refractivity contribution >= 4 is 29.9 Å². The van der Waals surface area contributed by atoms with E-state index in [4.69, 9.17) is 9.47 Å². The summed E-state index contributed by atoms with van der Waals surface area (Å²) >= 11 is 0. The molecule has 0 aromatic rings. The molecule has 0 aliphatic heterocycles. The fraction of sp³-hybridized carbons (Fsp3) is 0.885. The van der Waals surface area contributed by atoms with Crippen LogP contribution in [0.15, 0.2) is 0 Å². The Hall–Kier alpha value is -1.24. The Morgan fingerprint density at radius 3 is 1.39 bits per heavy atom. The number of ketones is 1. The zero-order valence-electron chi connectivity index (χ0n) is 41.0.